The van der Waals surface area contributed by atoms with Crippen molar-refractivity contribution in [3.05, 3.63) is 52.8 Å². The number of nitrogens with zero attached hydrogens (tertiary/aromatic N) is 3. The van der Waals surface area contributed by atoms with Gasteiger partial charge >= 0.3 is 0 Å². The smallest absolute Gasteiger partial charge is 0.277 e. The zero-order valence-electron chi connectivity index (χ0n) is 17.2. The quantitative estimate of drug-likeness (QED) is 0.372. The van der Waals surface area contributed by atoms with E-state index in [0.717, 1.165) is 41.0 Å². The summed E-state index contributed by atoms with van der Waals surface area (Å²) in [6.45, 7) is 11.5. The van der Waals surface area contributed by atoms with Crippen molar-refractivity contribution in [1.82, 2.24) is 14.8 Å². The lowest BCUT2D eigenvalue weighted by Gasteiger charge is -2.11. The average molecular weight is 398 g/mol. The van der Waals surface area contributed by atoms with Crippen LogP contribution in [0.15, 0.2) is 40.0 Å². The van der Waals surface area contributed by atoms with Crippen LogP contribution in [0.4, 0.5) is 0 Å². The first-order chi connectivity index (χ1) is 13.4. The highest BCUT2D eigenvalue weighted by molar-refractivity contribution is 7.99. The van der Waals surface area contributed by atoms with Gasteiger partial charge in [-0.25, -0.2) is 0 Å². The first-order valence-corrected chi connectivity index (χ1v) is 10.6. The summed E-state index contributed by atoms with van der Waals surface area (Å²) in [6.07, 6.45) is 1.10. The number of hydrogen-bond donors (Lipinski definition) is 0. The molecule has 28 heavy (non-hydrogen) atoms. The number of carbonyl (C=O) groups is 1. The largest absolute Gasteiger partial charge is 0.411 e. The molecule has 3 rings (SSSR count). The fourth-order valence-electron chi connectivity index (χ4n) is 3.21. The van der Waals surface area contributed by atoms with E-state index in [2.05, 4.69) is 35.5 Å². The molecule has 5 nitrogen and oxygen atoms in total. The van der Waals surface area contributed by atoms with Crippen molar-refractivity contribution in [1.29, 1.82) is 0 Å². The van der Waals surface area contributed by atoms with Gasteiger partial charge in [-0.3, -0.25) is 4.79 Å². The summed E-state index contributed by atoms with van der Waals surface area (Å²) in [6, 6.07) is 9.86. The van der Waals surface area contributed by atoms with Gasteiger partial charge in [0.1, 0.15) is 0 Å². The molecule has 3 aromatic rings. The first kappa shape index (κ1) is 20.4. The van der Waals surface area contributed by atoms with Crippen LogP contribution in [0.3, 0.4) is 0 Å². The van der Waals surface area contributed by atoms with Crippen LogP contribution in [-0.2, 0) is 6.54 Å². The number of hydrogen-bond acceptors (Lipinski definition) is 5. The van der Waals surface area contributed by atoms with Gasteiger partial charge in [0.15, 0.2) is 5.78 Å². The number of Topliss-reactive ketones (excluding diaryl/α,β-unsaturated/α-hetero) is 1. The molecule has 148 valence electrons. The van der Waals surface area contributed by atoms with Crippen molar-refractivity contribution in [2.45, 2.75) is 52.8 Å². The lowest BCUT2D eigenvalue weighted by atomic mass is 10.1. The molecule has 6 heteroatoms. The van der Waals surface area contributed by atoms with Gasteiger partial charge in [-0.15, -0.1) is 10.2 Å². The van der Waals surface area contributed by atoms with Crippen LogP contribution >= 0.6 is 11.8 Å². The van der Waals surface area contributed by atoms with E-state index in [4.69, 9.17) is 4.42 Å². The van der Waals surface area contributed by atoms with Crippen molar-refractivity contribution in [2.75, 3.05) is 5.75 Å². The Morgan fingerprint density at radius 1 is 1.18 bits per heavy atom. The molecule has 0 bridgehead atoms. The van der Waals surface area contributed by atoms with Gasteiger partial charge in [0, 0.05) is 29.1 Å². The van der Waals surface area contributed by atoms with Crippen molar-refractivity contribution in [3.63, 3.8) is 0 Å². The molecule has 0 N–H and O–H groups in total. The van der Waals surface area contributed by atoms with Crippen LogP contribution in [0.2, 0.25) is 0 Å². The van der Waals surface area contributed by atoms with Gasteiger partial charge in [-0.2, -0.15) is 0 Å². The molecule has 2 heterocycles. The van der Waals surface area contributed by atoms with E-state index in [1.807, 2.05) is 44.2 Å². The summed E-state index contributed by atoms with van der Waals surface area (Å²) in [4.78, 5) is 12.7. The van der Waals surface area contributed by atoms with Gasteiger partial charge in [-0.05, 0) is 50.8 Å². The van der Waals surface area contributed by atoms with Crippen LogP contribution in [-0.4, -0.2) is 26.3 Å². The summed E-state index contributed by atoms with van der Waals surface area (Å²) in [5.41, 5.74) is 4.95. The van der Waals surface area contributed by atoms with Crippen LogP contribution in [0.5, 0.6) is 0 Å². The Morgan fingerprint density at radius 3 is 2.64 bits per heavy atom. The number of benzene rings is 1. The van der Waals surface area contributed by atoms with E-state index in [1.165, 1.54) is 11.8 Å². The van der Waals surface area contributed by atoms with Gasteiger partial charge in [0.05, 0.1) is 5.75 Å². The van der Waals surface area contributed by atoms with E-state index < -0.39 is 0 Å². The van der Waals surface area contributed by atoms with Crippen molar-refractivity contribution in [3.8, 4) is 11.5 Å². The molecule has 0 fully saturated rings. The Balaban J connectivity index is 1.67. The molecule has 0 unspecified atom stereocenters. The lowest BCUT2D eigenvalue weighted by molar-refractivity contribution is 0.102. The highest BCUT2D eigenvalue weighted by Gasteiger charge is 2.18. The van der Waals surface area contributed by atoms with Gasteiger partial charge in [-0.1, -0.05) is 43.8 Å². The highest BCUT2D eigenvalue weighted by Crippen LogP contribution is 2.26. The second-order valence-corrected chi connectivity index (χ2v) is 8.45. The first-order valence-electron chi connectivity index (χ1n) is 9.59. The van der Waals surface area contributed by atoms with Crippen molar-refractivity contribution < 1.29 is 9.21 Å². The van der Waals surface area contributed by atoms with Gasteiger partial charge < -0.3 is 8.98 Å². The summed E-state index contributed by atoms with van der Waals surface area (Å²) < 4.78 is 7.98. The summed E-state index contributed by atoms with van der Waals surface area (Å²) in [5.74, 6) is 1.49. The second-order valence-electron chi connectivity index (χ2n) is 7.52. The minimum atomic E-state index is 0.0875. The maximum atomic E-state index is 12.7. The van der Waals surface area contributed by atoms with Gasteiger partial charge in [0.2, 0.25) is 5.89 Å². The third-order valence-electron chi connectivity index (χ3n) is 4.91. The lowest BCUT2D eigenvalue weighted by Crippen LogP contribution is -2.08. The standard InChI is InChI=1S/C22H27N3O2S/c1-14(2)10-11-25-16(4)12-19(17(25)5)20(26)13-28-22-24-23-21(27-22)18-9-7-6-8-15(18)3/h6-9,12,14H,10-11,13H2,1-5H3. The summed E-state index contributed by atoms with van der Waals surface area (Å²) in [5, 5.41) is 8.62. The van der Waals surface area contributed by atoms with Gasteiger partial charge in [0.25, 0.3) is 5.22 Å². The van der Waals surface area contributed by atoms with Crippen molar-refractivity contribution >= 4 is 17.5 Å². The predicted molar refractivity (Wildman–Crippen MR) is 113 cm³/mol. The Labute approximate surface area is 170 Å². The number of carbonyl (C=O) groups excluding carboxylic acids is 1. The molecular formula is C22H27N3O2S. The summed E-state index contributed by atoms with van der Waals surface area (Å²) >= 11 is 1.29. The molecule has 0 aliphatic rings. The van der Waals surface area contributed by atoms with E-state index in [1.54, 1.807) is 0 Å². The maximum Gasteiger partial charge on any atom is 0.277 e. The molecule has 0 aliphatic heterocycles. The van der Waals surface area contributed by atoms with E-state index in [-0.39, 0.29) is 11.5 Å². The Morgan fingerprint density at radius 2 is 1.93 bits per heavy atom. The third kappa shape index (κ3) is 4.55. The second kappa shape index (κ2) is 8.78. The van der Waals surface area contributed by atoms with E-state index >= 15 is 0 Å². The zero-order chi connectivity index (χ0) is 20.3. The number of aromatic nitrogens is 3. The Hall–Kier alpha value is -2.34. The molecule has 0 saturated heterocycles. The minimum absolute atomic E-state index is 0.0875. The molecule has 0 amide bonds. The topological polar surface area (TPSA) is 60.9 Å². The molecule has 0 spiro atoms. The maximum absolute atomic E-state index is 12.7. The number of rotatable bonds is 8. The minimum Gasteiger partial charge on any atom is -0.411 e. The third-order valence-corrected chi connectivity index (χ3v) is 5.73. The fourth-order valence-corrected chi connectivity index (χ4v) is 3.86. The zero-order valence-corrected chi connectivity index (χ0v) is 18.0. The van der Waals surface area contributed by atoms with Crippen LogP contribution < -0.4 is 0 Å². The monoisotopic (exact) mass is 397 g/mol. The molecule has 0 saturated carbocycles. The number of thioether (sulfide) groups is 1. The molecule has 2 aromatic heterocycles. The highest BCUT2D eigenvalue weighted by atomic mass is 32.2. The molecule has 0 atom stereocenters. The molecule has 1 aromatic carbocycles. The predicted octanol–water partition coefficient (Wildman–Crippen LogP) is 5.48. The van der Waals surface area contributed by atoms with Crippen LogP contribution in [0.1, 0.15) is 47.6 Å². The molecule has 0 aliphatic carbocycles. The van der Waals surface area contributed by atoms with Crippen molar-refractivity contribution in [2.24, 2.45) is 5.92 Å². The Bertz CT molecular complexity index is 972. The van der Waals surface area contributed by atoms with Crippen LogP contribution in [0, 0.1) is 26.7 Å². The number of aryl methyl sites for hydroxylation is 2. The fraction of sp³-hybridized carbons (Fsp3) is 0.409. The van der Waals surface area contributed by atoms with E-state index in [0.29, 0.717) is 17.0 Å². The normalized spacial score (nSPS) is 11.4. The molecular weight excluding hydrogens is 370 g/mol. The number of ketones is 1. The van der Waals surface area contributed by atoms with E-state index in [9.17, 15) is 4.79 Å². The molecule has 0 radical (unpaired) electrons. The average Bonchev–Trinajstić information content (AvgIpc) is 3.23. The van der Waals surface area contributed by atoms with Crippen LogP contribution in [0.25, 0.3) is 11.5 Å². The Kier molecular flexibility index (Phi) is 6.39. The SMILES string of the molecule is Cc1ccccc1-c1nnc(SCC(=O)c2cc(C)n(CCC(C)C)c2C)o1. The summed E-state index contributed by atoms with van der Waals surface area (Å²) in [7, 11) is 0.